The topological polar surface area (TPSA) is 24.5 Å². The molecule has 0 bridgehead atoms. The summed E-state index contributed by atoms with van der Waals surface area (Å²) >= 11 is 6.16. The van der Waals surface area contributed by atoms with Crippen molar-refractivity contribution in [1.29, 1.82) is 0 Å². The normalized spacial score (nSPS) is 17.8. The Morgan fingerprint density at radius 2 is 1.96 bits per heavy atom. The van der Waals surface area contributed by atoms with Crippen molar-refractivity contribution in [3.8, 4) is 5.75 Å². The molecule has 0 saturated carbocycles. The Labute approximate surface area is 155 Å². The van der Waals surface area contributed by atoms with Crippen molar-refractivity contribution < 1.29 is 4.74 Å². The molecule has 1 N–H and O–H groups in total. The number of nitrogens with one attached hydrogen (secondary N) is 1. The molecule has 1 atom stereocenters. The quantitative estimate of drug-likeness (QED) is 0.752. The average Bonchev–Trinajstić information content (AvgIpc) is 3.10. The van der Waals surface area contributed by atoms with E-state index in [4.69, 9.17) is 16.3 Å². The maximum absolute atomic E-state index is 6.16. The van der Waals surface area contributed by atoms with E-state index in [9.17, 15) is 0 Å². The number of halogens is 1. The number of ether oxygens (including phenoxy) is 1. The molecule has 2 aromatic carbocycles. The lowest BCUT2D eigenvalue weighted by Gasteiger charge is -2.23. The van der Waals surface area contributed by atoms with Gasteiger partial charge in [-0.1, -0.05) is 48.9 Å². The fourth-order valence-corrected chi connectivity index (χ4v) is 3.60. The van der Waals surface area contributed by atoms with E-state index in [-0.39, 0.29) is 0 Å². The van der Waals surface area contributed by atoms with Crippen molar-refractivity contribution in [2.45, 2.75) is 39.0 Å². The third kappa shape index (κ3) is 5.21. The Kier molecular flexibility index (Phi) is 6.74. The Morgan fingerprint density at radius 3 is 2.72 bits per heavy atom. The van der Waals surface area contributed by atoms with Crippen molar-refractivity contribution in [3.05, 3.63) is 64.7 Å². The maximum Gasteiger partial charge on any atom is 0.119 e. The molecule has 2 aromatic rings. The Bertz CT molecular complexity index is 659. The van der Waals surface area contributed by atoms with E-state index in [0.717, 1.165) is 36.0 Å². The van der Waals surface area contributed by atoms with E-state index >= 15 is 0 Å². The predicted molar refractivity (Wildman–Crippen MR) is 104 cm³/mol. The SMILES string of the molecule is CCN1CCCC1CNCc1ccc(OCc2ccccc2Cl)cc1. The van der Waals surface area contributed by atoms with Gasteiger partial charge in [0.15, 0.2) is 0 Å². The lowest BCUT2D eigenvalue weighted by molar-refractivity contribution is 0.260. The smallest absolute Gasteiger partial charge is 0.119 e. The van der Waals surface area contributed by atoms with E-state index in [1.165, 1.54) is 24.9 Å². The summed E-state index contributed by atoms with van der Waals surface area (Å²) in [7, 11) is 0. The van der Waals surface area contributed by atoms with Crippen LogP contribution in [-0.2, 0) is 13.2 Å². The minimum absolute atomic E-state index is 0.492. The summed E-state index contributed by atoms with van der Waals surface area (Å²) < 4.78 is 5.83. The Hall–Kier alpha value is -1.55. The van der Waals surface area contributed by atoms with Gasteiger partial charge in [-0.05, 0) is 49.7 Å². The molecule has 1 unspecified atom stereocenters. The first kappa shape index (κ1) is 18.2. The van der Waals surface area contributed by atoms with Crippen LogP contribution >= 0.6 is 11.6 Å². The summed E-state index contributed by atoms with van der Waals surface area (Å²) in [5.74, 6) is 0.872. The molecule has 1 aliphatic rings. The molecule has 0 radical (unpaired) electrons. The van der Waals surface area contributed by atoms with Crippen LogP contribution in [0.15, 0.2) is 48.5 Å². The second-order valence-electron chi connectivity index (χ2n) is 6.58. The van der Waals surface area contributed by atoms with Gasteiger partial charge < -0.3 is 10.1 Å². The lowest BCUT2D eigenvalue weighted by atomic mass is 10.2. The summed E-state index contributed by atoms with van der Waals surface area (Å²) in [5, 5.41) is 4.34. The molecule has 1 heterocycles. The molecule has 3 nitrogen and oxygen atoms in total. The molecule has 0 amide bonds. The van der Waals surface area contributed by atoms with Crippen LogP contribution in [0.4, 0.5) is 0 Å². The van der Waals surface area contributed by atoms with Crippen LogP contribution < -0.4 is 10.1 Å². The van der Waals surface area contributed by atoms with E-state index in [2.05, 4.69) is 29.3 Å². The highest BCUT2D eigenvalue weighted by Crippen LogP contribution is 2.19. The number of likely N-dealkylation sites (tertiary alicyclic amines) is 1. The van der Waals surface area contributed by atoms with Crippen molar-refractivity contribution in [2.24, 2.45) is 0 Å². The van der Waals surface area contributed by atoms with Gasteiger partial charge in [0.25, 0.3) is 0 Å². The van der Waals surface area contributed by atoms with Crippen LogP contribution in [-0.4, -0.2) is 30.6 Å². The molecule has 1 aliphatic heterocycles. The molecule has 0 spiro atoms. The summed E-state index contributed by atoms with van der Waals surface area (Å²) in [5.41, 5.74) is 2.29. The summed E-state index contributed by atoms with van der Waals surface area (Å²) in [6.45, 7) is 7.12. The standard InChI is InChI=1S/C21H27ClN2O/c1-2-24-13-5-7-19(24)15-23-14-17-9-11-20(12-10-17)25-16-18-6-3-4-8-21(18)22/h3-4,6,8-12,19,23H,2,5,7,13-16H2,1H3. The first-order chi connectivity index (χ1) is 12.3. The van der Waals surface area contributed by atoms with Gasteiger partial charge in [-0.25, -0.2) is 0 Å². The zero-order chi connectivity index (χ0) is 17.5. The van der Waals surface area contributed by atoms with Gasteiger partial charge in [-0.15, -0.1) is 0 Å². The third-order valence-corrected chi connectivity index (χ3v) is 5.26. The zero-order valence-corrected chi connectivity index (χ0v) is 15.6. The molecule has 25 heavy (non-hydrogen) atoms. The highest BCUT2D eigenvalue weighted by atomic mass is 35.5. The lowest BCUT2D eigenvalue weighted by Crippen LogP contribution is -2.37. The molecular formula is C21H27ClN2O. The summed E-state index contributed by atoms with van der Waals surface area (Å²) in [6, 6.07) is 16.8. The van der Waals surface area contributed by atoms with Gasteiger partial charge in [0, 0.05) is 29.7 Å². The van der Waals surface area contributed by atoms with Gasteiger partial charge in [0.05, 0.1) is 0 Å². The fourth-order valence-electron chi connectivity index (χ4n) is 3.41. The van der Waals surface area contributed by atoms with Crippen LogP contribution in [0.2, 0.25) is 5.02 Å². The number of likely N-dealkylation sites (N-methyl/N-ethyl adjacent to an activating group) is 1. The molecular weight excluding hydrogens is 332 g/mol. The molecule has 1 saturated heterocycles. The van der Waals surface area contributed by atoms with Crippen LogP contribution in [0.5, 0.6) is 5.75 Å². The highest BCUT2D eigenvalue weighted by molar-refractivity contribution is 6.31. The molecule has 0 aliphatic carbocycles. The Morgan fingerprint density at radius 1 is 1.16 bits per heavy atom. The minimum Gasteiger partial charge on any atom is -0.489 e. The third-order valence-electron chi connectivity index (χ3n) is 4.89. The first-order valence-corrected chi connectivity index (χ1v) is 9.54. The van der Waals surface area contributed by atoms with E-state index in [1.54, 1.807) is 0 Å². The van der Waals surface area contributed by atoms with Crippen molar-refractivity contribution >= 4 is 11.6 Å². The van der Waals surface area contributed by atoms with Crippen molar-refractivity contribution in [1.82, 2.24) is 10.2 Å². The fraction of sp³-hybridized carbons (Fsp3) is 0.429. The Balaban J connectivity index is 1.43. The summed E-state index contributed by atoms with van der Waals surface area (Å²) in [6.07, 6.45) is 2.65. The van der Waals surface area contributed by atoms with Gasteiger partial charge >= 0.3 is 0 Å². The highest BCUT2D eigenvalue weighted by Gasteiger charge is 2.21. The van der Waals surface area contributed by atoms with Crippen LogP contribution in [0.3, 0.4) is 0 Å². The number of benzene rings is 2. The summed E-state index contributed by atoms with van der Waals surface area (Å²) in [4.78, 5) is 2.57. The molecule has 4 heteroatoms. The zero-order valence-electron chi connectivity index (χ0n) is 14.9. The van der Waals surface area contributed by atoms with Crippen LogP contribution in [0, 0.1) is 0 Å². The molecule has 3 rings (SSSR count). The van der Waals surface area contributed by atoms with Crippen molar-refractivity contribution in [2.75, 3.05) is 19.6 Å². The maximum atomic E-state index is 6.16. The number of rotatable bonds is 8. The van der Waals surface area contributed by atoms with Crippen molar-refractivity contribution in [3.63, 3.8) is 0 Å². The van der Waals surface area contributed by atoms with Gasteiger partial charge in [0.2, 0.25) is 0 Å². The van der Waals surface area contributed by atoms with Gasteiger partial charge in [0.1, 0.15) is 12.4 Å². The van der Waals surface area contributed by atoms with E-state index < -0.39 is 0 Å². The number of hydrogen-bond donors (Lipinski definition) is 1. The largest absolute Gasteiger partial charge is 0.489 e. The van der Waals surface area contributed by atoms with Gasteiger partial charge in [-0.3, -0.25) is 4.90 Å². The van der Waals surface area contributed by atoms with E-state index in [0.29, 0.717) is 12.6 Å². The molecule has 0 aromatic heterocycles. The first-order valence-electron chi connectivity index (χ1n) is 9.16. The van der Waals surface area contributed by atoms with Gasteiger partial charge in [-0.2, -0.15) is 0 Å². The second kappa shape index (κ2) is 9.23. The number of hydrogen-bond acceptors (Lipinski definition) is 3. The number of nitrogens with zero attached hydrogens (tertiary/aromatic N) is 1. The van der Waals surface area contributed by atoms with Crippen LogP contribution in [0.1, 0.15) is 30.9 Å². The minimum atomic E-state index is 0.492. The van der Waals surface area contributed by atoms with E-state index in [1.807, 2.05) is 36.4 Å². The molecule has 1 fully saturated rings. The average molecular weight is 359 g/mol. The monoisotopic (exact) mass is 358 g/mol. The predicted octanol–water partition coefficient (Wildman–Crippen LogP) is 4.49. The van der Waals surface area contributed by atoms with Crippen LogP contribution in [0.25, 0.3) is 0 Å². The second-order valence-corrected chi connectivity index (χ2v) is 6.99. The molecule has 134 valence electrons.